The van der Waals surface area contributed by atoms with Crippen molar-refractivity contribution in [3.63, 3.8) is 0 Å². The maximum Gasteiger partial charge on any atom is 0.222 e. The number of carbonyl (C=O) groups is 1. The van der Waals surface area contributed by atoms with Gasteiger partial charge in [-0.15, -0.1) is 0 Å². The van der Waals surface area contributed by atoms with Gasteiger partial charge in [-0.05, 0) is 44.8 Å². The van der Waals surface area contributed by atoms with Crippen LogP contribution >= 0.6 is 0 Å². The smallest absolute Gasteiger partial charge is 0.222 e. The van der Waals surface area contributed by atoms with Gasteiger partial charge in [0, 0.05) is 19.5 Å². The molecule has 15 heavy (non-hydrogen) atoms. The predicted octanol–water partition coefficient (Wildman–Crippen LogP) is 1.34. The van der Waals surface area contributed by atoms with E-state index < -0.39 is 0 Å². The van der Waals surface area contributed by atoms with Crippen LogP contribution in [0.3, 0.4) is 0 Å². The first kappa shape index (κ1) is 10.9. The fourth-order valence-corrected chi connectivity index (χ4v) is 2.87. The molecule has 0 N–H and O–H groups in total. The Labute approximate surface area is 92.4 Å². The maximum atomic E-state index is 11.6. The average Bonchev–Trinajstić information content (AvgIpc) is 2.66. The van der Waals surface area contributed by atoms with E-state index >= 15 is 0 Å². The van der Waals surface area contributed by atoms with Crippen molar-refractivity contribution in [2.75, 3.05) is 33.2 Å². The molecule has 2 heterocycles. The molecular formula is C12H22N2O. The van der Waals surface area contributed by atoms with Gasteiger partial charge in [0.2, 0.25) is 5.91 Å². The lowest BCUT2D eigenvalue weighted by molar-refractivity contribution is -0.130. The van der Waals surface area contributed by atoms with Crippen LogP contribution in [-0.2, 0) is 4.79 Å². The summed E-state index contributed by atoms with van der Waals surface area (Å²) < 4.78 is 0. The van der Waals surface area contributed by atoms with E-state index in [9.17, 15) is 4.79 Å². The molecule has 2 aliphatic rings. The molecule has 0 aromatic carbocycles. The molecule has 86 valence electrons. The first-order valence-electron chi connectivity index (χ1n) is 6.11. The standard InChI is InChI=1S/C12H22N2O/c1-3-11(15)14-9-6-12(10-14)4-7-13(2)8-5-12/h3-10H2,1-2H3. The van der Waals surface area contributed by atoms with Gasteiger partial charge in [-0.2, -0.15) is 0 Å². The Bertz CT molecular complexity index is 244. The summed E-state index contributed by atoms with van der Waals surface area (Å²) in [6, 6.07) is 0. The van der Waals surface area contributed by atoms with Crippen LogP contribution < -0.4 is 0 Å². The highest BCUT2D eigenvalue weighted by Crippen LogP contribution is 2.40. The van der Waals surface area contributed by atoms with Crippen molar-refractivity contribution in [3.05, 3.63) is 0 Å². The fourth-order valence-electron chi connectivity index (χ4n) is 2.87. The van der Waals surface area contributed by atoms with Crippen LogP contribution in [0, 0.1) is 5.41 Å². The van der Waals surface area contributed by atoms with Crippen molar-refractivity contribution >= 4 is 5.91 Å². The van der Waals surface area contributed by atoms with E-state index in [0.29, 0.717) is 17.7 Å². The molecule has 0 aromatic heterocycles. The molecule has 0 atom stereocenters. The quantitative estimate of drug-likeness (QED) is 0.652. The Morgan fingerprint density at radius 1 is 1.20 bits per heavy atom. The highest BCUT2D eigenvalue weighted by molar-refractivity contribution is 5.76. The number of amides is 1. The van der Waals surface area contributed by atoms with Crippen LogP contribution in [0.2, 0.25) is 0 Å². The number of carbonyl (C=O) groups excluding carboxylic acids is 1. The van der Waals surface area contributed by atoms with Crippen LogP contribution in [0.4, 0.5) is 0 Å². The molecule has 3 heteroatoms. The zero-order valence-electron chi connectivity index (χ0n) is 9.96. The van der Waals surface area contributed by atoms with E-state index in [0.717, 1.165) is 13.1 Å². The first-order chi connectivity index (χ1) is 7.15. The second kappa shape index (κ2) is 4.12. The lowest BCUT2D eigenvalue weighted by atomic mass is 9.78. The van der Waals surface area contributed by atoms with E-state index in [4.69, 9.17) is 0 Å². The zero-order valence-corrected chi connectivity index (χ0v) is 9.96. The van der Waals surface area contributed by atoms with Crippen LogP contribution in [0.5, 0.6) is 0 Å². The molecule has 2 rings (SSSR count). The van der Waals surface area contributed by atoms with Crippen molar-refractivity contribution in [1.29, 1.82) is 0 Å². The van der Waals surface area contributed by atoms with Crippen molar-refractivity contribution < 1.29 is 4.79 Å². The molecular weight excluding hydrogens is 188 g/mol. The molecule has 0 bridgehead atoms. The van der Waals surface area contributed by atoms with Gasteiger partial charge in [0.05, 0.1) is 0 Å². The van der Waals surface area contributed by atoms with Gasteiger partial charge in [0.15, 0.2) is 0 Å². The molecule has 0 saturated carbocycles. The lowest BCUT2D eigenvalue weighted by Gasteiger charge is -2.37. The molecule has 1 spiro atoms. The summed E-state index contributed by atoms with van der Waals surface area (Å²) >= 11 is 0. The first-order valence-corrected chi connectivity index (χ1v) is 6.11. The van der Waals surface area contributed by atoms with E-state index in [2.05, 4.69) is 16.8 Å². The van der Waals surface area contributed by atoms with Gasteiger partial charge in [0.1, 0.15) is 0 Å². The van der Waals surface area contributed by atoms with Crippen molar-refractivity contribution in [2.45, 2.75) is 32.6 Å². The summed E-state index contributed by atoms with van der Waals surface area (Å²) in [6.07, 6.45) is 4.44. The SMILES string of the molecule is CCC(=O)N1CCC2(CCN(C)CC2)C1. The topological polar surface area (TPSA) is 23.6 Å². The monoisotopic (exact) mass is 210 g/mol. The summed E-state index contributed by atoms with van der Waals surface area (Å²) in [4.78, 5) is 16.1. The predicted molar refractivity (Wildman–Crippen MR) is 60.7 cm³/mol. The molecule has 2 aliphatic heterocycles. The molecule has 0 aliphatic carbocycles. The molecule has 0 unspecified atom stereocenters. The van der Waals surface area contributed by atoms with Gasteiger partial charge in [-0.1, -0.05) is 6.92 Å². The van der Waals surface area contributed by atoms with Crippen molar-refractivity contribution in [3.8, 4) is 0 Å². The third kappa shape index (κ3) is 2.17. The van der Waals surface area contributed by atoms with Crippen LogP contribution in [0.15, 0.2) is 0 Å². The number of hydrogen-bond donors (Lipinski definition) is 0. The van der Waals surface area contributed by atoms with Crippen molar-refractivity contribution in [2.24, 2.45) is 5.41 Å². The minimum Gasteiger partial charge on any atom is -0.342 e. The van der Waals surface area contributed by atoms with Crippen LogP contribution in [-0.4, -0.2) is 48.9 Å². The largest absolute Gasteiger partial charge is 0.342 e. The Hall–Kier alpha value is -0.570. The molecule has 1 amide bonds. The van der Waals surface area contributed by atoms with E-state index in [-0.39, 0.29) is 0 Å². The lowest BCUT2D eigenvalue weighted by Crippen LogP contribution is -2.40. The van der Waals surface area contributed by atoms with Crippen LogP contribution in [0.25, 0.3) is 0 Å². The summed E-state index contributed by atoms with van der Waals surface area (Å²) in [6.45, 7) is 6.38. The molecule has 0 radical (unpaired) electrons. The molecule has 2 fully saturated rings. The number of likely N-dealkylation sites (tertiary alicyclic amines) is 2. The van der Waals surface area contributed by atoms with Crippen molar-refractivity contribution in [1.82, 2.24) is 9.80 Å². The van der Waals surface area contributed by atoms with E-state index in [1.807, 2.05) is 6.92 Å². The minimum atomic E-state index is 0.339. The summed E-state index contributed by atoms with van der Waals surface area (Å²) in [7, 11) is 2.19. The Morgan fingerprint density at radius 2 is 1.80 bits per heavy atom. The van der Waals surface area contributed by atoms with Gasteiger partial charge >= 0.3 is 0 Å². The van der Waals surface area contributed by atoms with Gasteiger partial charge < -0.3 is 9.80 Å². The second-order valence-corrected chi connectivity index (χ2v) is 5.22. The normalized spacial score (nSPS) is 26.1. The Balaban J connectivity index is 1.93. The second-order valence-electron chi connectivity index (χ2n) is 5.22. The molecule has 3 nitrogen and oxygen atoms in total. The van der Waals surface area contributed by atoms with Gasteiger partial charge in [-0.25, -0.2) is 0 Å². The summed E-state index contributed by atoms with van der Waals surface area (Å²) in [5.41, 5.74) is 0.470. The van der Waals surface area contributed by atoms with Gasteiger partial charge in [-0.3, -0.25) is 4.79 Å². The summed E-state index contributed by atoms with van der Waals surface area (Å²) in [5.74, 6) is 0.339. The molecule has 0 aromatic rings. The highest BCUT2D eigenvalue weighted by Gasteiger charge is 2.40. The number of nitrogens with zero attached hydrogens (tertiary/aromatic N) is 2. The number of rotatable bonds is 1. The Kier molecular flexibility index (Phi) is 3.01. The Morgan fingerprint density at radius 3 is 2.40 bits per heavy atom. The van der Waals surface area contributed by atoms with Gasteiger partial charge in [0.25, 0.3) is 0 Å². The maximum absolute atomic E-state index is 11.6. The number of hydrogen-bond acceptors (Lipinski definition) is 2. The highest BCUT2D eigenvalue weighted by atomic mass is 16.2. The van der Waals surface area contributed by atoms with E-state index in [1.165, 1.54) is 32.4 Å². The third-order valence-electron chi connectivity index (χ3n) is 4.14. The minimum absolute atomic E-state index is 0.339. The van der Waals surface area contributed by atoms with Crippen LogP contribution in [0.1, 0.15) is 32.6 Å². The number of piperidine rings is 1. The van der Waals surface area contributed by atoms with E-state index in [1.54, 1.807) is 0 Å². The average molecular weight is 210 g/mol. The fraction of sp³-hybridized carbons (Fsp3) is 0.917. The summed E-state index contributed by atoms with van der Waals surface area (Å²) in [5, 5.41) is 0. The molecule has 2 saturated heterocycles. The third-order valence-corrected chi connectivity index (χ3v) is 4.14. The zero-order chi connectivity index (χ0) is 10.9.